The summed E-state index contributed by atoms with van der Waals surface area (Å²) >= 11 is 0. The highest BCUT2D eigenvalue weighted by molar-refractivity contribution is 6.05. The van der Waals surface area contributed by atoms with E-state index < -0.39 is 0 Å². The molecule has 1 fully saturated rings. The summed E-state index contributed by atoms with van der Waals surface area (Å²) in [6.07, 6.45) is 3.45. The molecule has 2 amide bonds. The SMILES string of the molecule is Cc1ccc(C(=O)NC2CC2)cc1NC(=O)c1ccc(OCc2cccc[n+]2[O-])cc1. The molecule has 2 N–H and O–H groups in total. The molecule has 7 heteroatoms. The lowest BCUT2D eigenvalue weighted by Crippen LogP contribution is -2.31. The lowest BCUT2D eigenvalue weighted by Gasteiger charge is -2.11. The zero-order valence-corrected chi connectivity index (χ0v) is 17.1. The van der Waals surface area contributed by atoms with E-state index in [9.17, 15) is 14.8 Å². The molecule has 0 saturated heterocycles. The predicted octanol–water partition coefficient (Wildman–Crippen LogP) is 3.35. The van der Waals surface area contributed by atoms with Crippen LogP contribution >= 0.6 is 0 Å². The molecule has 1 saturated carbocycles. The zero-order chi connectivity index (χ0) is 21.8. The number of aromatic nitrogens is 1. The van der Waals surface area contributed by atoms with Gasteiger partial charge in [-0.3, -0.25) is 9.59 Å². The first-order chi connectivity index (χ1) is 15.0. The van der Waals surface area contributed by atoms with E-state index in [0.29, 0.717) is 28.3 Å². The van der Waals surface area contributed by atoms with Gasteiger partial charge < -0.3 is 20.6 Å². The number of aryl methyl sites for hydroxylation is 1. The second-order valence-electron chi connectivity index (χ2n) is 7.56. The van der Waals surface area contributed by atoms with E-state index >= 15 is 0 Å². The molecule has 1 aliphatic rings. The Labute approximate surface area is 180 Å². The molecule has 3 aromatic rings. The number of nitrogens with zero attached hydrogens (tertiary/aromatic N) is 1. The number of hydrogen-bond acceptors (Lipinski definition) is 4. The molecule has 0 atom stereocenters. The Balaban J connectivity index is 1.39. The standard InChI is InChI=1S/C24H23N3O4/c1-16-5-6-18(24(29)25-19-9-10-19)14-22(16)26-23(28)17-7-11-21(12-8-17)31-15-20-4-2-3-13-27(20)30/h2-8,11-14,19H,9-10,15H2,1H3,(H,25,29)(H,26,28). The Bertz CT molecular complexity index is 1110. The molecule has 0 spiro atoms. The largest absolute Gasteiger partial charge is 0.618 e. The van der Waals surface area contributed by atoms with Crippen LogP contribution in [-0.2, 0) is 6.61 Å². The lowest BCUT2D eigenvalue weighted by atomic mass is 10.1. The molecule has 0 radical (unpaired) electrons. The number of amides is 2. The van der Waals surface area contributed by atoms with Gasteiger partial charge in [-0.25, -0.2) is 0 Å². The van der Waals surface area contributed by atoms with Crippen molar-refractivity contribution in [3.8, 4) is 5.75 Å². The van der Waals surface area contributed by atoms with Crippen molar-refractivity contribution in [2.45, 2.75) is 32.4 Å². The normalized spacial score (nSPS) is 12.8. The van der Waals surface area contributed by atoms with Crippen LogP contribution in [-0.4, -0.2) is 17.9 Å². The first kappa shape index (κ1) is 20.4. The van der Waals surface area contributed by atoms with E-state index in [1.54, 1.807) is 54.6 Å². The summed E-state index contributed by atoms with van der Waals surface area (Å²) in [5, 5.41) is 17.5. The minimum Gasteiger partial charge on any atom is -0.618 e. The maximum atomic E-state index is 12.7. The first-order valence-electron chi connectivity index (χ1n) is 10.1. The van der Waals surface area contributed by atoms with E-state index in [-0.39, 0.29) is 24.5 Å². The molecule has 0 bridgehead atoms. The minimum absolute atomic E-state index is 0.127. The fraction of sp³-hybridized carbons (Fsp3) is 0.208. The van der Waals surface area contributed by atoms with Crippen LogP contribution in [0.15, 0.2) is 66.9 Å². The highest BCUT2D eigenvalue weighted by atomic mass is 16.5. The summed E-state index contributed by atoms with van der Waals surface area (Å²) < 4.78 is 6.38. The fourth-order valence-electron chi connectivity index (χ4n) is 3.02. The quantitative estimate of drug-likeness (QED) is 0.455. The van der Waals surface area contributed by atoms with Gasteiger partial charge in [0.15, 0.2) is 12.8 Å². The number of carbonyl (C=O) groups is 2. The zero-order valence-electron chi connectivity index (χ0n) is 17.1. The molecule has 1 aromatic heterocycles. The van der Waals surface area contributed by atoms with Gasteiger partial charge in [0.25, 0.3) is 11.8 Å². The predicted molar refractivity (Wildman–Crippen MR) is 116 cm³/mol. The number of anilines is 1. The van der Waals surface area contributed by atoms with Crippen LogP contribution in [0.1, 0.15) is 44.8 Å². The summed E-state index contributed by atoms with van der Waals surface area (Å²) in [6.45, 7) is 2.01. The molecule has 158 valence electrons. The number of carbonyl (C=O) groups excluding carboxylic acids is 2. The Morgan fingerprint density at radius 2 is 1.77 bits per heavy atom. The van der Waals surface area contributed by atoms with Gasteiger partial charge in [0.05, 0.1) is 0 Å². The highest BCUT2D eigenvalue weighted by Gasteiger charge is 2.24. The maximum Gasteiger partial charge on any atom is 0.255 e. The molecule has 1 aliphatic carbocycles. The Hall–Kier alpha value is -3.87. The van der Waals surface area contributed by atoms with Crippen molar-refractivity contribution in [3.05, 3.63) is 94.5 Å². The van der Waals surface area contributed by atoms with Crippen molar-refractivity contribution >= 4 is 17.5 Å². The van der Waals surface area contributed by atoms with Crippen molar-refractivity contribution in [1.29, 1.82) is 0 Å². The molecule has 4 rings (SSSR count). The summed E-state index contributed by atoms with van der Waals surface area (Å²) in [5.41, 5.74) is 2.93. The average Bonchev–Trinajstić information content (AvgIpc) is 3.59. The summed E-state index contributed by atoms with van der Waals surface area (Å²) in [5.74, 6) is 0.141. The smallest absolute Gasteiger partial charge is 0.255 e. The third-order valence-corrected chi connectivity index (χ3v) is 5.07. The Kier molecular flexibility index (Phi) is 5.84. The van der Waals surface area contributed by atoms with Gasteiger partial charge in [0, 0.05) is 35.0 Å². The molecule has 2 aromatic carbocycles. The van der Waals surface area contributed by atoms with Crippen LogP contribution in [0.25, 0.3) is 0 Å². The molecule has 1 heterocycles. The summed E-state index contributed by atoms with van der Waals surface area (Å²) in [7, 11) is 0. The van der Waals surface area contributed by atoms with Crippen molar-refractivity contribution in [2.75, 3.05) is 5.32 Å². The summed E-state index contributed by atoms with van der Waals surface area (Å²) in [4.78, 5) is 25.0. The van der Waals surface area contributed by atoms with Crippen LogP contribution < -0.4 is 20.1 Å². The fourth-order valence-corrected chi connectivity index (χ4v) is 3.02. The van der Waals surface area contributed by atoms with E-state index in [4.69, 9.17) is 4.74 Å². The van der Waals surface area contributed by atoms with Gasteiger partial charge in [-0.1, -0.05) is 6.07 Å². The van der Waals surface area contributed by atoms with E-state index in [1.807, 2.05) is 13.0 Å². The van der Waals surface area contributed by atoms with Crippen LogP contribution in [0.2, 0.25) is 0 Å². The van der Waals surface area contributed by atoms with Crippen molar-refractivity contribution in [2.24, 2.45) is 0 Å². The second kappa shape index (κ2) is 8.87. The van der Waals surface area contributed by atoms with Gasteiger partial charge in [0.2, 0.25) is 5.69 Å². The number of ether oxygens (including phenoxy) is 1. The highest BCUT2D eigenvalue weighted by Crippen LogP contribution is 2.22. The Morgan fingerprint density at radius 3 is 2.48 bits per heavy atom. The van der Waals surface area contributed by atoms with Crippen LogP contribution in [0, 0.1) is 12.1 Å². The van der Waals surface area contributed by atoms with Crippen LogP contribution in [0.4, 0.5) is 5.69 Å². The van der Waals surface area contributed by atoms with Gasteiger partial charge in [-0.05, 0) is 67.8 Å². The van der Waals surface area contributed by atoms with Crippen molar-refractivity contribution < 1.29 is 19.1 Å². The van der Waals surface area contributed by atoms with Crippen LogP contribution in [0.5, 0.6) is 5.75 Å². The van der Waals surface area contributed by atoms with Gasteiger partial charge in [0.1, 0.15) is 5.75 Å². The number of hydrogen-bond donors (Lipinski definition) is 2. The van der Waals surface area contributed by atoms with Gasteiger partial charge >= 0.3 is 0 Å². The molecule has 0 aliphatic heterocycles. The Morgan fingerprint density at radius 1 is 1.03 bits per heavy atom. The van der Waals surface area contributed by atoms with Crippen molar-refractivity contribution in [1.82, 2.24) is 5.32 Å². The van der Waals surface area contributed by atoms with E-state index in [1.165, 1.54) is 6.20 Å². The van der Waals surface area contributed by atoms with Crippen LogP contribution in [0.3, 0.4) is 0 Å². The van der Waals surface area contributed by atoms with E-state index in [2.05, 4.69) is 10.6 Å². The molecular formula is C24H23N3O4. The molecule has 0 unspecified atom stereocenters. The number of nitrogens with one attached hydrogen (secondary N) is 2. The second-order valence-corrected chi connectivity index (χ2v) is 7.56. The molecular weight excluding hydrogens is 394 g/mol. The van der Waals surface area contributed by atoms with E-state index in [0.717, 1.165) is 23.1 Å². The maximum absolute atomic E-state index is 12.7. The number of rotatable bonds is 7. The first-order valence-corrected chi connectivity index (χ1v) is 10.1. The third-order valence-electron chi connectivity index (χ3n) is 5.07. The average molecular weight is 417 g/mol. The minimum atomic E-state index is -0.283. The third kappa shape index (κ3) is 5.19. The van der Waals surface area contributed by atoms with Crippen molar-refractivity contribution in [3.63, 3.8) is 0 Å². The van der Waals surface area contributed by atoms with Gasteiger partial charge in [-0.2, -0.15) is 4.73 Å². The molecule has 31 heavy (non-hydrogen) atoms. The monoisotopic (exact) mass is 417 g/mol. The summed E-state index contributed by atoms with van der Waals surface area (Å²) in [6, 6.07) is 17.3. The lowest BCUT2D eigenvalue weighted by molar-refractivity contribution is -0.616. The number of benzene rings is 2. The van der Waals surface area contributed by atoms with Gasteiger partial charge in [-0.15, -0.1) is 0 Å². The topological polar surface area (TPSA) is 94.4 Å². The number of pyridine rings is 1. The molecule has 7 nitrogen and oxygen atoms in total.